The molecule has 1 aliphatic heterocycles. The second-order valence-electron chi connectivity index (χ2n) is 4.92. The molecule has 0 bridgehead atoms. The van der Waals surface area contributed by atoms with Crippen LogP contribution in [0.3, 0.4) is 0 Å². The second kappa shape index (κ2) is 5.80. The second-order valence-corrected chi connectivity index (χ2v) is 4.92. The Bertz CT molecular complexity index is 438. The highest BCUT2D eigenvalue weighted by molar-refractivity contribution is 5.91. The van der Waals surface area contributed by atoms with E-state index in [4.69, 9.17) is 0 Å². The van der Waals surface area contributed by atoms with Crippen LogP contribution in [0.2, 0.25) is 0 Å². The van der Waals surface area contributed by atoms with E-state index in [1.807, 2.05) is 4.90 Å². The minimum atomic E-state index is -0.261. The van der Waals surface area contributed by atoms with E-state index in [0.29, 0.717) is 5.92 Å². The number of rotatable bonds is 2. The first kappa shape index (κ1) is 12.8. The molecule has 1 fully saturated rings. The summed E-state index contributed by atoms with van der Waals surface area (Å²) >= 11 is 0. The fourth-order valence-corrected chi connectivity index (χ4v) is 2.24. The highest BCUT2D eigenvalue weighted by atomic mass is 19.1. The van der Waals surface area contributed by atoms with E-state index in [-0.39, 0.29) is 11.7 Å². The predicted molar refractivity (Wildman–Crippen MR) is 70.4 cm³/mol. The fraction of sp³-hybridized carbons (Fsp3) is 0.400. The van der Waals surface area contributed by atoms with Crippen molar-refractivity contribution in [3.63, 3.8) is 0 Å². The number of hydrogen-bond acceptors (Lipinski definition) is 1. The van der Waals surface area contributed by atoms with Gasteiger partial charge >= 0.3 is 0 Å². The lowest BCUT2D eigenvalue weighted by atomic mass is 10.0. The first-order chi connectivity index (χ1) is 8.65. The Balaban J connectivity index is 1.96. The molecule has 0 N–H and O–H groups in total. The van der Waals surface area contributed by atoms with Crippen molar-refractivity contribution in [2.75, 3.05) is 13.1 Å². The lowest BCUT2D eigenvalue weighted by Gasteiger charge is -2.30. The van der Waals surface area contributed by atoms with Gasteiger partial charge in [0.25, 0.3) is 0 Å². The van der Waals surface area contributed by atoms with Crippen molar-refractivity contribution in [2.45, 2.75) is 19.8 Å². The van der Waals surface area contributed by atoms with E-state index < -0.39 is 0 Å². The molecule has 2 rings (SSSR count). The summed E-state index contributed by atoms with van der Waals surface area (Å²) in [6.45, 7) is 3.85. The summed E-state index contributed by atoms with van der Waals surface area (Å²) in [4.78, 5) is 13.8. The van der Waals surface area contributed by atoms with Crippen LogP contribution in [0.5, 0.6) is 0 Å². The monoisotopic (exact) mass is 247 g/mol. The van der Waals surface area contributed by atoms with Crippen molar-refractivity contribution in [2.24, 2.45) is 5.92 Å². The van der Waals surface area contributed by atoms with Gasteiger partial charge in [0, 0.05) is 19.2 Å². The number of carbonyl (C=O) groups excluding carboxylic acids is 1. The predicted octanol–water partition coefficient (Wildman–Crippen LogP) is 3.10. The SMILES string of the molecule is CC1CCCN(C(=O)/C=C/c2ccc(F)cc2)C1. The maximum absolute atomic E-state index is 12.7. The third-order valence-corrected chi connectivity index (χ3v) is 3.26. The number of nitrogens with zero attached hydrogens (tertiary/aromatic N) is 1. The number of carbonyl (C=O) groups is 1. The molecule has 2 nitrogen and oxygen atoms in total. The van der Waals surface area contributed by atoms with Gasteiger partial charge in [0.2, 0.25) is 5.91 Å². The Morgan fingerprint density at radius 3 is 2.78 bits per heavy atom. The molecule has 1 unspecified atom stereocenters. The van der Waals surface area contributed by atoms with E-state index >= 15 is 0 Å². The molecule has 1 amide bonds. The number of amides is 1. The maximum atomic E-state index is 12.7. The summed E-state index contributed by atoms with van der Waals surface area (Å²) < 4.78 is 12.7. The normalized spacial score (nSPS) is 20.3. The van der Waals surface area contributed by atoms with Crippen molar-refractivity contribution in [1.82, 2.24) is 4.90 Å². The molecule has 0 aromatic heterocycles. The fourth-order valence-electron chi connectivity index (χ4n) is 2.24. The number of halogens is 1. The molecular weight excluding hydrogens is 229 g/mol. The Morgan fingerprint density at radius 2 is 2.11 bits per heavy atom. The van der Waals surface area contributed by atoms with Crippen LogP contribution in [0.25, 0.3) is 6.08 Å². The summed E-state index contributed by atoms with van der Waals surface area (Å²) in [5.74, 6) is 0.371. The highest BCUT2D eigenvalue weighted by Crippen LogP contribution is 2.16. The molecular formula is C15H18FNO. The van der Waals surface area contributed by atoms with Gasteiger partial charge in [0.05, 0.1) is 0 Å². The third kappa shape index (κ3) is 3.42. The quantitative estimate of drug-likeness (QED) is 0.735. The summed E-state index contributed by atoms with van der Waals surface area (Å²) in [5.41, 5.74) is 0.842. The molecule has 1 saturated heterocycles. The summed E-state index contributed by atoms with van der Waals surface area (Å²) in [7, 11) is 0. The molecule has 1 heterocycles. The molecule has 1 aromatic carbocycles. The number of piperidine rings is 1. The molecule has 0 aliphatic carbocycles. The zero-order chi connectivity index (χ0) is 13.0. The van der Waals surface area contributed by atoms with Crippen molar-refractivity contribution in [3.05, 3.63) is 41.7 Å². The standard InChI is InChI=1S/C15H18FNO/c1-12-3-2-10-17(11-12)15(18)9-6-13-4-7-14(16)8-5-13/h4-9,12H,2-3,10-11H2,1H3/b9-6+. The number of hydrogen-bond donors (Lipinski definition) is 0. The molecule has 96 valence electrons. The highest BCUT2D eigenvalue weighted by Gasteiger charge is 2.18. The van der Waals surface area contributed by atoms with Gasteiger partial charge in [0.1, 0.15) is 5.82 Å². The van der Waals surface area contributed by atoms with Crippen LogP contribution >= 0.6 is 0 Å². The van der Waals surface area contributed by atoms with Crippen LogP contribution in [0, 0.1) is 11.7 Å². The lowest BCUT2D eigenvalue weighted by Crippen LogP contribution is -2.38. The minimum Gasteiger partial charge on any atom is -0.339 e. The van der Waals surface area contributed by atoms with Gasteiger partial charge in [-0.1, -0.05) is 19.1 Å². The van der Waals surface area contributed by atoms with Gasteiger partial charge in [-0.15, -0.1) is 0 Å². The van der Waals surface area contributed by atoms with E-state index in [1.54, 1.807) is 24.3 Å². The summed E-state index contributed by atoms with van der Waals surface area (Å²) in [6, 6.07) is 6.12. The number of benzene rings is 1. The zero-order valence-corrected chi connectivity index (χ0v) is 10.6. The Hall–Kier alpha value is -1.64. The van der Waals surface area contributed by atoms with Gasteiger partial charge < -0.3 is 4.90 Å². The van der Waals surface area contributed by atoms with Crippen LogP contribution in [0.4, 0.5) is 4.39 Å². The van der Waals surface area contributed by atoms with Crippen LogP contribution in [-0.2, 0) is 4.79 Å². The van der Waals surface area contributed by atoms with Gasteiger partial charge in [-0.05, 0) is 42.5 Å². The van der Waals surface area contributed by atoms with Crippen LogP contribution in [0.1, 0.15) is 25.3 Å². The number of likely N-dealkylation sites (tertiary alicyclic amines) is 1. The first-order valence-corrected chi connectivity index (χ1v) is 6.38. The largest absolute Gasteiger partial charge is 0.339 e. The Kier molecular flexibility index (Phi) is 4.13. The van der Waals surface area contributed by atoms with E-state index in [9.17, 15) is 9.18 Å². The van der Waals surface area contributed by atoms with Crippen molar-refractivity contribution in [1.29, 1.82) is 0 Å². The van der Waals surface area contributed by atoms with Crippen LogP contribution in [0.15, 0.2) is 30.3 Å². The van der Waals surface area contributed by atoms with Crippen molar-refractivity contribution >= 4 is 12.0 Å². The van der Waals surface area contributed by atoms with Crippen molar-refractivity contribution < 1.29 is 9.18 Å². The molecule has 0 spiro atoms. The molecule has 1 aromatic rings. The molecule has 0 saturated carbocycles. The van der Waals surface area contributed by atoms with E-state index in [0.717, 1.165) is 25.1 Å². The molecule has 1 aliphatic rings. The smallest absolute Gasteiger partial charge is 0.246 e. The van der Waals surface area contributed by atoms with Crippen molar-refractivity contribution in [3.8, 4) is 0 Å². The average Bonchev–Trinajstić information content (AvgIpc) is 2.38. The summed E-state index contributed by atoms with van der Waals surface area (Å²) in [5, 5.41) is 0. The van der Waals surface area contributed by atoms with E-state index in [2.05, 4.69) is 6.92 Å². The zero-order valence-electron chi connectivity index (χ0n) is 10.6. The maximum Gasteiger partial charge on any atom is 0.246 e. The van der Waals surface area contributed by atoms with Gasteiger partial charge in [-0.3, -0.25) is 4.79 Å². The molecule has 18 heavy (non-hydrogen) atoms. The molecule has 0 radical (unpaired) electrons. The Labute approximate surface area is 107 Å². The van der Waals surface area contributed by atoms with Gasteiger partial charge in [-0.25, -0.2) is 4.39 Å². The van der Waals surface area contributed by atoms with Gasteiger partial charge in [0.15, 0.2) is 0 Å². The van der Waals surface area contributed by atoms with Gasteiger partial charge in [-0.2, -0.15) is 0 Å². The first-order valence-electron chi connectivity index (χ1n) is 6.38. The minimum absolute atomic E-state index is 0.0471. The molecule has 3 heteroatoms. The topological polar surface area (TPSA) is 20.3 Å². The third-order valence-electron chi connectivity index (χ3n) is 3.26. The average molecular weight is 247 g/mol. The Morgan fingerprint density at radius 1 is 1.39 bits per heavy atom. The van der Waals surface area contributed by atoms with Crippen LogP contribution < -0.4 is 0 Å². The summed E-state index contributed by atoms with van der Waals surface area (Å²) in [6.07, 6.45) is 5.59. The van der Waals surface area contributed by atoms with Crippen LogP contribution in [-0.4, -0.2) is 23.9 Å². The molecule has 1 atom stereocenters. The lowest BCUT2D eigenvalue weighted by molar-refractivity contribution is -0.127. The van der Waals surface area contributed by atoms with E-state index in [1.165, 1.54) is 18.6 Å².